The van der Waals surface area contributed by atoms with Crippen LogP contribution in [0.3, 0.4) is 0 Å². The van der Waals surface area contributed by atoms with Crippen LogP contribution < -0.4 is 9.47 Å². The molecule has 84 valence electrons. The fourth-order valence-corrected chi connectivity index (χ4v) is 2.32. The van der Waals surface area contributed by atoms with E-state index >= 15 is 0 Å². The van der Waals surface area contributed by atoms with Gasteiger partial charge >= 0.3 is 10.1 Å². The Bertz CT molecular complexity index is 442. The Labute approximate surface area is 102 Å². The van der Waals surface area contributed by atoms with Crippen LogP contribution in [0, 0.1) is 0 Å². The van der Waals surface area contributed by atoms with Crippen LogP contribution >= 0.6 is 23.0 Å². The van der Waals surface area contributed by atoms with Gasteiger partial charge in [-0.2, -0.15) is 10.9 Å². The molecule has 0 aliphatic heterocycles. The third-order valence-corrected chi connectivity index (χ3v) is 4.17. The van der Waals surface area contributed by atoms with Crippen LogP contribution in [0.2, 0.25) is 0 Å². The average molecular weight is 344 g/mol. The van der Waals surface area contributed by atoms with Crippen molar-refractivity contribution in [2.75, 3.05) is 14.2 Å². The highest BCUT2D eigenvalue weighted by atomic mass is 127. The second kappa shape index (κ2) is 4.99. The van der Waals surface area contributed by atoms with E-state index in [4.69, 9.17) is 9.47 Å². The lowest BCUT2D eigenvalue weighted by Gasteiger charge is -2.08. The Hall–Kier alpha value is -0.540. The second-order valence-corrected chi connectivity index (χ2v) is 5.09. The molecular formula is C8H9IO5S. The van der Waals surface area contributed by atoms with Crippen molar-refractivity contribution in [3.8, 4) is 11.5 Å². The first-order valence-electron chi connectivity index (χ1n) is 3.82. The van der Waals surface area contributed by atoms with E-state index in [-0.39, 0.29) is 10.6 Å². The monoisotopic (exact) mass is 344 g/mol. The first-order valence-corrected chi connectivity index (χ1v) is 6.11. The van der Waals surface area contributed by atoms with Crippen LogP contribution in [-0.4, -0.2) is 22.6 Å². The average Bonchev–Trinajstić information content (AvgIpc) is 2.28. The van der Waals surface area contributed by atoms with E-state index in [1.807, 2.05) is 0 Å². The lowest BCUT2D eigenvalue weighted by molar-refractivity contribution is 0.390. The van der Waals surface area contributed by atoms with Gasteiger partial charge in [0.1, 0.15) is 39.4 Å². The molecule has 0 saturated carbocycles. The molecule has 0 aliphatic rings. The first kappa shape index (κ1) is 12.5. The van der Waals surface area contributed by atoms with E-state index in [0.717, 1.165) is 0 Å². The summed E-state index contributed by atoms with van der Waals surface area (Å²) in [5, 5.41) is 0. The molecule has 0 unspecified atom stereocenters. The van der Waals surface area contributed by atoms with E-state index in [9.17, 15) is 8.42 Å². The van der Waals surface area contributed by atoms with Gasteiger partial charge in [-0.3, -0.25) is 0 Å². The highest BCUT2D eigenvalue weighted by Crippen LogP contribution is 2.30. The Balaban J connectivity index is 3.36. The molecule has 0 radical (unpaired) electrons. The number of hydrogen-bond donors (Lipinski definition) is 0. The van der Waals surface area contributed by atoms with Gasteiger partial charge in [0.25, 0.3) is 0 Å². The van der Waals surface area contributed by atoms with E-state index < -0.39 is 10.1 Å². The van der Waals surface area contributed by atoms with E-state index in [2.05, 4.69) is 2.51 Å². The Morgan fingerprint density at radius 1 is 1.20 bits per heavy atom. The molecule has 5 nitrogen and oxygen atoms in total. The molecule has 1 aromatic rings. The summed E-state index contributed by atoms with van der Waals surface area (Å²) in [5.74, 6) is 0.635. The predicted molar refractivity (Wildman–Crippen MR) is 61.8 cm³/mol. The van der Waals surface area contributed by atoms with Gasteiger partial charge in [0.05, 0.1) is 14.2 Å². The molecule has 0 aliphatic carbocycles. The summed E-state index contributed by atoms with van der Waals surface area (Å²) in [7, 11) is -0.961. The zero-order valence-electron chi connectivity index (χ0n) is 8.06. The maximum Gasteiger partial charge on any atom is 0.309 e. The van der Waals surface area contributed by atoms with Crippen molar-refractivity contribution in [3.05, 3.63) is 18.2 Å². The number of benzene rings is 1. The summed E-state index contributed by atoms with van der Waals surface area (Å²) in [4.78, 5) is -0.0567. The van der Waals surface area contributed by atoms with Gasteiger partial charge in [-0.15, -0.1) is 0 Å². The number of ether oxygens (including phenoxy) is 2. The number of methoxy groups -OCH3 is 2. The smallest absolute Gasteiger partial charge is 0.309 e. The molecule has 0 N–H and O–H groups in total. The summed E-state index contributed by atoms with van der Waals surface area (Å²) in [6, 6.07) is 4.44. The molecule has 7 heteroatoms. The van der Waals surface area contributed by atoms with Gasteiger partial charge in [0.15, 0.2) is 0 Å². The van der Waals surface area contributed by atoms with Crippen molar-refractivity contribution in [1.29, 1.82) is 0 Å². The van der Waals surface area contributed by atoms with Gasteiger partial charge in [0.2, 0.25) is 0 Å². The van der Waals surface area contributed by atoms with E-state index in [1.54, 1.807) is 6.07 Å². The van der Waals surface area contributed by atoms with Crippen LogP contribution in [0.5, 0.6) is 11.5 Å². The van der Waals surface area contributed by atoms with Gasteiger partial charge < -0.3 is 9.47 Å². The van der Waals surface area contributed by atoms with Crippen LogP contribution in [0.15, 0.2) is 23.1 Å². The van der Waals surface area contributed by atoms with Crippen LogP contribution in [-0.2, 0) is 12.6 Å². The van der Waals surface area contributed by atoms with Gasteiger partial charge in [-0.25, -0.2) is 0 Å². The topological polar surface area (TPSA) is 61.8 Å². The van der Waals surface area contributed by atoms with Gasteiger partial charge in [-0.05, 0) is 12.1 Å². The van der Waals surface area contributed by atoms with Crippen molar-refractivity contribution in [2.24, 2.45) is 0 Å². The summed E-state index contributed by atoms with van der Waals surface area (Å²) >= 11 is 1.31. The minimum absolute atomic E-state index is 0.0567. The van der Waals surface area contributed by atoms with Crippen LogP contribution in [0.1, 0.15) is 0 Å². The third kappa shape index (κ3) is 2.73. The van der Waals surface area contributed by atoms with E-state index in [1.165, 1.54) is 49.4 Å². The van der Waals surface area contributed by atoms with E-state index in [0.29, 0.717) is 5.75 Å². The quantitative estimate of drug-likeness (QED) is 0.779. The Morgan fingerprint density at radius 2 is 1.87 bits per heavy atom. The van der Waals surface area contributed by atoms with Crippen molar-refractivity contribution in [2.45, 2.75) is 4.90 Å². The summed E-state index contributed by atoms with van der Waals surface area (Å²) < 4.78 is 37.2. The molecule has 1 rings (SSSR count). The van der Waals surface area contributed by atoms with Crippen molar-refractivity contribution < 1.29 is 20.4 Å². The zero-order valence-corrected chi connectivity index (χ0v) is 11.0. The Morgan fingerprint density at radius 3 is 2.33 bits per heavy atom. The molecule has 0 spiro atoms. The molecule has 0 saturated heterocycles. The van der Waals surface area contributed by atoms with Gasteiger partial charge in [-0.1, -0.05) is 0 Å². The zero-order chi connectivity index (χ0) is 11.5. The number of halogens is 1. The predicted octanol–water partition coefficient (Wildman–Crippen LogP) is 1.76. The number of hydrogen-bond acceptors (Lipinski definition) is 5. The fraction of sp³-hybridized carbons (Fsp3) is 0.250. The largest absolute Gasteiger partial charge is 0.497 e. The minimum Gasteiger partial charge on any atom is -0.497 e. The van der Waals surface area contributed by atoms with Crippen molar-refractivity contribution in [1.82, 2.24) is 0 Å². The van der Waals surface area contributed by atoms with Crippen LogP contribution in [0.4, 0.5) is 0 Å². The molecular weight excluding hydrogens is 335 g/mol. The Kier molecular flexibility index (Phi) is 4.17. The normalized spacial score (nSPS) is 11.1. The molecule has 0 atom stereocenters. The SMILES string of the molecule is COc1ccc(OC)c(S(=O)(=O)OI)c1. The molecule has 15 heavy (non-hydrogen) atoms. The fourth-order valence-electron chi connectivity index (χ4n) is 1.01. The number of rotatable bonds is 4. The highest BCUT2D eigenvalue weighted by molar-refractivity contribution is 14.1. The molecule has 0 amide bonds. The van der Waals surface area contributed by atoms with Gasteiger partial charge in [0, 0.05) is 6.07 Å². The molecule has 0 bridgehead atoms. The molecule has 1 aromatic carbocycles. The van der Waals surface area contributed by atoms with Crippen LogP contribution in [0.25, 0.3) is 0 Å². The molecule has 0 fully saturated rings. The summed E-state index contributed by atoms with van der Waals surface area (Å²) in [5.41, 5.74) is 0. The first-order chi connectivity index (χ1) is 7.05. The summed E-state index contributed by atoms with van der Waals surface area (Å²) in [6.45, 7) is 0. The standard InChI is InChI=1S/C8H9IO5S/c1-12-6-3-4-7(13-2)8(5-6)15(10,11)14-9/h3-5H,1-2H3. The van der Waals surface area contributed by atoms with Crippen molar-refractivity contribution >= 4 is 33.1 Å². The third-order valence-electron chi connectivity index (χ3n) is 1.72. The maximum atomic E-state index is 11.5. The second-order valence-electron chi connectivity index (χ2n) is 2.53. The van der Waals surface area contributed by atoms with Crippen molar-refractivity contribution in [3.63, 3.8) is 0 Å². The lowest BCUT2D eigenvalue weighted by Crippen LogP contribution is -2.03. The highest BCUT2D eigenvalue weighted by Gasteiger charge is 2.20. The molecule has 0 heterocycles. The minimum atomic E-state index is -3.79. The molecule has 0 aromatic heterocycles. The summed E-state index contributed by atoms with van der Waals surface area (Å²) in [6.07, 6.45) is 0. The maximum absolute atomic E-state index is 11.5. The lowest BCUT2D eigenvalue weighted by atomic mass is 10.3.